The molecule has 0 N–H and O–H groups in total. The van der Waals surface area contributed by atoms with Gasteiger partial charge in [0.15, 0.2) is 0 Å². The van der Waals surface area contributed by atoms with Gasteiger partial charge in [0.1, 0.15) is 0 Å². The van der Waals surface area contributed by atoms with Gasteiger partial charge in [-0.1, -0.05) is 0 Å². The number of hydrogen-bond acceptors (Lipinski definition) is 3. The maximum absolute atomic E-state index is 12.1. The largest absolute Gasteiger partial charge is 0.342 e. The molecule has 1 aliphatic carbocycles. The van der Waals surface area contributed by atoms with Crippen LogP contribution in [0.15, 0.2) is 0 Å². The van der Waals surface area contributed by atoms with Crippen molar-refractivity contribution in [1.82, 2.24) is 9.80 Å². The molecule has 1 saturated carbocycles. The first-order valence-corrected chi connectivity index (χ1v) is 6.70. The number of nitriles is 1. The van der Waals surface area contributed by atoms with Crippen LogP contribution in [-0.4, -0.2) is 47.9 Å². The second kappa shape index (κ2) is 6.02. The number of piperidine rings is 1. The Bertz CT molecular complexity index is 300. The number of hydrogen-bond donors (Lipinski definition) is 0. The number of carbonyl (C=O) groups excluding carboxylic acids is 1. The zero-order chi connectivity index (χ0) is 12.1. The Balaban J connectivity index is 1.79. The van der Waals surface area contributed by atoms with Crippen molar-refractivity contribution in [2.75, 3.05) is 26.2 Å². The van der Waals surface area contributed by atoms with E-state index in [9.17, 15) is 4.79 Å². The van der Waals surface area contributed by atoms with Crippen molar-refractivity contribution in [2.24, 2.45) is 0 Å². The first-order valence-electron chi connectivity index (χ1n) is 6.70. The summed E-state index contributed by atoms with van der Waals surface area (Å²) >= 11 is 0. The van der Waals surface area contributed by atoms with Crippen LogP contribution in [0.5, 0.6) is 0 Å². The summed E-state index contributed by atoms with van der Waals surface area (Å²) in [5.74, 6) is 0.259. The predicted molar refractivity (Wildman–Crippen MR) is 65.3 cm³/mol. The molecule has 0 radical (unpaired) electrons. The molecule has 0 atom stereocenters. The molecule has 0 aromatic carbocycles. The minimum atomic E-state index is 0.259. The monoisotopic (exact) mass is 235 g/mol. The SMILES string of the molecule is N#CCCN(CC(=O)N1CCCCC1)C1CC1. The fourth-order valence-corrected chi connectivity index (χ4v) is 2.44. The van der Waals surface area contributed by atoms with Crippen LogP contribution in [0.3, 0.4) is 0 Å². The van der Waals surface area contributed by atoms with E-state index in [1.165, 1.54) is 19.3 Å². The van der Waals surface area contributed by atoms with Gasteiger partial charge in [0.2, 0.25) is 5.91 Å². The van der Waals surface area contributed by atoms with Crippen LogP contribution in [0.1, 0.15) is 38.5 Å². The van der Waals surface area contributed by atoms with Crippen molar-refractivity contribution in [3.8, 4) is 6.07 Å². The molecule has 0 aromatic rings. The van der Waals surface area contributed by atoms with Crippen LogP contribution in [0.2, 0.25) is 0 Å². The van der Waals surface area contributed by atoms with Gasteiger partial charge in [-0.15, -0.1) is 0 Å². The second-order valence-corrected chi connectivity index (χ2v) is 5.05. The molecule has 1 heterocycles. The number of likely N-dealkylation sites (tertiary alicyclic amines) is 1. The molecular weight excluding hydrogens is 214 g/mol. The lowest BCUT2D eigenvalue weighted by molar-refractivity contribution is -0.133. The normalized spacial score (nSPS) is 20.4. The van der Waals surface area contributed by atoms with Crippen molar-refractivity contribution < 1.29 is 4.79 Å². The maximum atomic E-state index is 12.1. The molecule has 0 aromatic heterocycles. The zero-order valence-corrected chi connectivity index (χ0v) is 10.4. The van der Waals surface area contributed by atoms with Crippen molar-refractivity contribution in [2.45, 2.75) is 44.6 Å². The standard InChI is InChI=1S/C13H21N3O/c14-7-4-10-16(12-5-6-12)11-13(17)15-8-2-1-3-9-15/h12H,1-6,8-11H2. The van der Waals surface area contributed by atoms with Crippen molar-refractivity contribution >= 4 is 5.91 Å². The molecule has 2 aliphatic rings. The van der Waals surface area contributed by atoms with Crippen LogP contribution in [0.25, 0.3) is 0 Å². The van der Waals surface area contributed by atoms with E-state index in [1.807, 2.05) is 4.90 Å². The molecule has 2 fully saturated rings. The Morgan fingerprint density at radius 1 is 1.29 bits per heavy atom. The lowest BCUT2D eigenvalue weighted by Gasteiger charge is -2.29. The third kappa shape index (κ3) is 3.71. The Kier molecular flexibility index (Phi) is 4.38. The third-order valence-corrected chi connectivity index (χ3v) is 3.62. The van der Waals surface area contributed by atoms with Gasteiger partial charge in [-0.3, -0.25) is 9.69 Å². The average Bonchev–Trinajstić information content (AvgIpc) is 3.19. The fourth-order valence-electron chi connectivity index (χ4n) is 2.44. The summed E-state index contributed by atoms with van der Waals surface area (Å²) in [4.78, 5) is 16.3. The summed E-state index contributed by atoms with van der Waals surface area (Å²) in [6, 6.07) is 2.73. The van der Waals surface area contributed by atoms with Gasteiger partial charge in [-0.2, -0.15) is 5.26 Å². The van der Waals surface area contributed by atoms with Gasteiger partial charge in [-0.05, 0) is 32.1 Å². The summed E-state index contributed by atoms with van der Waals surface area (Å²) in [6.07, 6.45) is 6.46. The average molecular weight is 235 g/mol. The van der Waals surface area contributed by atoms with E-state index in [1.54, 1.807) is 0 Å². The lowest BCUT2D eigenvalue weighted by atomic mass is 10.1. The van der Waals surface area contributed by atoms with Crippen molar-refractivity contribution in [3.63, 3.8) is 0 Å². The first kappa shape index (κ1) is 12.4. The number of nitrogens with zero attached hydrogens (tertiary/aromatic N) is 3. The summed E-state index contributed by atoms with van der Waals surface area (Å²) in [5, 5.41) is 8.63. The molecule has 1 amide bonds. The number of rotatable bonds is 5. The topological polar surface area (TPSA) is 47.3 Å². The molecule has 0 spiro atoms. The van der Waals surface area contributed by atoms with Crippen molar-refractivity contribution in [1.29, 1.82) is 5.26 Å². The maximum Gasteiger partial charge on any atom is 0.236 e. The van der Waals surface area contributed by atoms with E-state index < -0.39 is 0 Å². The molecule has 0 unspecified atom stereocenters. The predicted octanol–water partition coefficient (Wildman–Crippen LogP) is 1.38. The van der Waals surface area contributed by atoms with E-state index in [4.69, 9.17) is 5.26 Å². The van der Waals surface area contributed by atoms with Crippen LogP contribution >= 0.6 is 0 Å². The molecule has 2 rings (SSSR count). The van der Waals surface area contributed by atoms with E-state index in [0.29, 0.717) is 19.0 Å². The molecule has 0 bridgehead atoms. The van der Waals surface area contributed by atoms with Crippen LogP contribution in [-0.2, 0) is 4.79 Å². The Morgan fingerprint density at radius 3 is 2.59 bits per heavy atom. The van der Waals surface area contributed by atoms with Crippen molar-refractivity contribution in [3.05, 3.63) is 0 Å². The molecule has 1 saturated heterocycles. The summed E-state index contributed by atoms with van der Waals surface area (Å²) in [7, 11) is 0. The summed E-state index contributed by atoms with van der Waals surface area (Å²) in [5.41, 5.74) is 0. The Hall–Kier alpha value is -1.08. The summed E-state index contributed by atoms with van der Waals surface area (Å²) in [6.45, 7) is 3.12. The van der Waals surface area contributed by atoms with Gasteiger partial charge in [-0.25, -0.2) is 0 Å². The van der Waals surface area contributed by atoms with Gasteiger partial charge in [0.25, 0.3) is 0 Å². The highest BCUT2D eigenvalue weighted by molar-refractivity contribution is 5.78. The second-order valence-electron chi connectivity index (χ2n) is 5.05. The number of carbonyl (C=O) groups is 1. The lowest BCUT2D eigenvalue weighted by Crippen LogP contribution is -2.43. The van der Waals surface area contributed by atoms with E-state index >= 15 is 0 Å². The van der Waals surface area contributed by atoms with Crippen LogP contribution in [0, 0.1) is 11.3 Å². The summed E-state index contributed by atoms with van der Waals surface area (Å²) < 4.78 is 0. The van der Waals surface area contributed by atoms with Crippen LogP contribution < -0.4 is 0 Å². The highest BCUT2D eigenvalue weighted by atomic mass is 16.2. The smallest absolute Gasteiger partial charge is 0.236 e. The first-order chi connectivity index (χ1) is 8.31. The zero-order valence-electron chi connectivity index (χ0n) is 10.4. The number of amides is 1. The van der Waals surface area contributed by atoms with Gasteiger partial charge in [0, 0.05) is 32.1 Å². The molecule has 4 heteroatoms. The van der Waals surface area contributed by atoms with Gasteiger partial charge in [0.05, 0.1) is 12.6 Å². The molecule has 4 nitrogen and oxygen atoms in total. The highest BCUT2D eigenvalue weighted by Crippen LogP contribution is 2.26. The molecule has 94 valence electrons. The van der Waals surface area contributed by atoms with E-state index in [0.717, 1.165) is 32.5 Å². The molecular formula is C13H21N3O. The minimum Gasteiger partial charge on any atom is -0.342 e. The Morgan fingerprint density at radius 2 is 2.00 bits per heavy atom. The van der Waals surface area contributed by atoms with E-state index in [2.05, 4.69) is 11.0 Å². The molecule has 1 aliphatic heterocycles. The highest BCUT2D eigenvalue weighted by Gasteiger charge is 2.31. The molecule has 17 heavy (non-hydrogen) atoms. The quantitative estimate of drug-likeness (QED) is 0.723. The van der Waals surface area contributed by atoms with E-state index in [-0.39, 0.29) is 5.91 Å². The fraction of sp³-hybridized carbons (Fsp3) is 0.846. The van der Waals surface area contributed by atoms with Crippen LogP contribution in [0.4, 0.5) is 0 Å². The Labute approximate surface area is 103 Å². The third-order valence-electron chi connectivity index (χ3n) is 3.62. The van der Waals surface area contributed by atoms with Gasteiger partial charge < -0.3 is 4.90 Å². The van der Waals surface area contributed by atoms with Gasteiger partial charge >= 0.3 is 0 Å². The minimum absolute atomic E-state index is 0.259.